The third-order valence-corrected chi connectivity index (χ3v) is 3.32. The van der Waals surface area contributed by atoms with Crippen LogP contribution in [0.4, 0.5) is 0 Å². The molecule has 2 N–H and O–H groups in total. The van der Waals surface area contributed by atoms with Crippen LogP contribution in [0.1, 0.15) is 38.5 Å². The second-order valence-corrected chi connectivity index (χ2v) is 4.47. The quantitative estimate of drug-likeness (QED) is 0.644. The van der Waals surface area contributed by atoms with Gasteiger partial charge in [0.1, 0.15) is 0 Å². The third-order valence-electron chi connectivity index (χ3n) is 3.32. The van der Waals surface area contributed by atoms with Crippen LogP contribution in [0.2, 0.25) is 0 Å². The molecule has 0 aromatic heterocycles. The summed E-state index contributed by atoms with van der Waals surface area (Å²) >= 11 is 0. The first-order chi connectivity index (χ1) is 7.77. The fourth-order valence-corrected chi connectivity index (χ4v) is 2.07. The lowest BCUT2D eigenvalue weighted by molar-refractivity contribution is -0.120. The highest BCUT2D eigenvalue weighted by Gasteiger charge is 2.23. The molecule has 0 aromatic carbocycles. The van der Waals surface area contributed by atoms with Crippen molar-refractivity contribution >= 4 is 5.91 Å². The first-order valence-electron chi connectivity index (χ1n) is 6.33. The molecule has 4 heteroatoms. The van der Waals surface area contributed by atoms with Crippen LogP contribution >= 0.6 is 0 Å². The Hall–Kier alpha value is -0.610. The lowest BCUT2D eigenvalue weighted by Gasteiger charge is -2.37. The number of hydrogen-bond acceptors (Lipinski definition) is 3. The van der Waals surface area contributed by atoms with E-state index in [9.17, 15) is 4.79 Å². The van der Waals surface area contributed by atoms with Crippen molar-refractivity contribution in [3.8, 4) is 0 Å². The van der Waals surface area contributed by atoms with Crippen molar-refractivity contribution < 1.29 is 9.90 Å². The summed E-state index contributed by atoms with van der Waals surface area (Å²) in [7, 11) is 1.68. The average Bonchev–Trinajstić information content (AvgIpc) is 2.22. The van der Waals surface area contributed by atoms with Gasteiger partial charge in [-0.3, -0.25) is 4.79 Å². The van der Waals surface area contributed by atoms with E-state index >= 15 is 0 Å². The molecule has 0 bridgehead atoms. The predicted molar refractivity (Wildman–Crippen MR) is 64.2 cm³/mol. The van der Waals surface area contributed by atoms with E-state index in [1.54, 1.807) is 7.05 Å². The van der Waals surface area contributed by atoms with E-state index in [4.69, 9.17) is 5.11 Å². The molecular formula is C12H24N2O2. The monoisotopic (exact) mass is 228 g/mol. The molecule has 0 unspecified atom stereocenters. The molecule has 94 valence electrons. The smallest absolute Gasteiger partial charge is 0.219 e. The van der Waals surface area contributed by atoms with Gasteiger partial charge >= 0.3 is 0 Å². The number of carbonyl (C=O) groups excluding carboxylic acids is 1. The molecule has 1 fully saturated rings. The molecule has 1 aliphatic carbocycles. The molecule has 16 heavy (non-hydrogen) atoms. The predicted octanol–water partition coefficient (Wildman–Crippen LogP) is 0.749. The molecule has 0 aliphatic heterocycles. The number of aliphatic hydroxyl groups is 1. The van der Waals surface area contributed by atoms with Gasteiger partial charge in [0.05, 0.1) is 0 Å². The third kappa shape index (κ3) is 4.49. The van der Waals surface area contributed by atoms with E-state index in [1.807, 2.05) is 0 Å². The summed E-state index contributed by atoms with van der Waals surface area (Å²) in [4.78, 5) is 13.5. The zero-order valence-corrected chi connectivity index (χ0v) is 10.2. The van der Waals surface area contributed by atoms with Crippen molar-refractivity contribution in [2.45, 2.75) is 44.6 Å². The zero-order chi connectivity index (χ0) is 11.8. The van der Waals surface area contributed by atoms with Gasteiger partial charge in [-0.05, 0) is 32.2 Å². The summed E-state index contributed by atoms with van der Waals surface area (Å²) in [6.07, 6.45) is 6.27. The normalized spacial score (nSPS) is 16.2. The van der Waals surface area contributed by atoms with Crippen molar-refractivity contribution in [3.05, 3.63) is 0 Å². The fourth-order valence-electron chi connectivity index (χ4n) is 2.07. The molecule has 0 saturated heterocycles. The van der Waals surface area contributed by atoms with E-state index in [1.165, 1.54) is 19.3 Å². The maximum atomic E-state index is 11.1. The topological polar surface area (TPSA) is 52.6 Å². The van der Waals surface area contributed by atoms with E-state index in [-0.39, 0.29) is 12.5 Å². The minimum atomic E-state index is 0.121. The molecule has 0 aromatic rings. The first-order valence-corrected chi connectivity index (χ1v) is 6.33. The zero-order valence-electron chi connectivity index (χ0n) is 10.2. The van der Waals surface area contributed by atoms with Gasteiger partial charge in [0, 0.05) is 32.7 Å². The van der Waals surface area contributed by atoms with Crippen LogP contribution in [-0.4, -0.2) is 48.7 Å². The number of nitrogens with one attached hydrogen (secondary N) is 1. The molecule has 0 heterocycles. The van der Waals surface area contributed by atoms with Gasteiger partial charge in [0.25, 0.3) is 0 Å². The lowest BCUT2D eigenvalue weighted by atomic mass is 9.91. The molecule has 0 spiro atoms. The number of amides is 1. The summed E-state index contributed by atoms with van der Waals surface area (Å²) in [5.41, 5.74) is 0. The Morgan fingerprint density at radius 3 is 2.56 bits per heavy atom. The average molecular weight is 228 g/mol. The van der Waals surface area contributed by atoms with Crippen molar-refractivity contribution in [1.29, 1.82) is 0 Å². The van der Waals surface area contributed by atoms with Crippen LogP contribution in [0.15, 0.2) is 0 Å². The highest BCUT2D eigenvalue weighted by Crippen LogP contribution is 2.25. The van der Waals surface area contributed by atoms with Crippen LogP contribution < -0.4 is 5.32 Å². The number of hydrogen-bond donors (Lipinski definition) is 2. The summed E-state index contributed by atoms with van der Waals surface area (Å²) in [6.45, 7) is 2.21. The summed E-state index contributed by atoms with van der Waals surface area (Å²) in [5.74, 6) is 0.121. The van der Waals surface area contributed by atoms with Gasteiger partial charge in [0.2, 0.25) is 5.91 Å². The van der Waals surface area contributed by atoms with Crippen LogP contribution in [0.5, 0.6) is 0 Å². The Morgan fingerprint density at radius 1 is 1.38 bits per heavy atom. The van der Waals surface area contributed by atoms with Crippen molar-refractivity contribution in [3.63, 3.8) is 0 Å². The summed E-state index contributed by atoms with van der Waals surface area (Å²) in [5, 5.41) is 11.5. The molecule has 0 radical (unpaired) electrons. The Bertz CT molecular complexity index is 205. The molecule has 4 nitrogen and oxygen atoms in total. The number of rotatable bonds is 8. The van der Waals surface area contributed by atoms with E-state index in [0.717, 1.165) is 25.9 Å². The van der Waals surface area contributed by atoms with Gasteiger partial charge in [-0.1, -0.05) is 6.42 Å². The molecule has 1 rings (SSSR count). The van der Waals surface area contributed by atoms with E-state index < -0.39 is 0 Å². The second kappa shape index (κ2) is 7.63. The Labute approximate surface area is 98.0 Å². The van der Waals surface area contributed by atoms with E-state index in [0.29, 0.717) is 12.5 Å². The maximum Gasteiger partial charge on any atom is 0.219 e. The van der Waals surface area contributed by atoms with Gasteiger partial charge in [-0.15, -0.1) is 0 Å². The number of carbonyl (C=O) groups is 1. The summed E-state index contributed by atoms with van der Waals surface area (Å²) in [6, 6.07) is 0.705. The number of aliphatic hydroxyl groups excluding tert-OH is 1. The fraction of sp³-hybridized carbons (Fsp3) is 0.917. The molecule has 0 atom stereocenters. The van der Waals surface area contributed by atoms with Crippen molar-refractivity contribution in [1.82, 2.24) is 10.2 Å². The van der Waals surface area contributed by atoms with Crippen LogP contribution in [0.25, 0.3) is 0 Å². The van der Waals surface area contributed by atoms with Crippen molar-refractivity contribution in [2.24, 2.45) is 0 Å². The Balaban J connectivity index is 2.18. The van der Waals surface area contributed by atoms with Crippen molar-refractivity contribution in [2.75, 3.05) is 26.7 Å². The van der Waals surface area contributed by atoms with E-state index in [2.05, 4.69) is 10.2 Å². The number of nitrogens with zero attached hydrogens (tertiary/aromatic N) is 1. The standard InChI is InChI=1S/C12H24N2O2/c1-13-12(16)7-3-8-14(9-4-10-15)11-5-2-6-11/h11,15H,2-10H2,1H3,(H,13,16). The minimum Gasteiger partial charge on any atom is -0.396 e. The van der Waals surface area contributed by atoms with Crippen LogP contribution in [-0.2, 0) is 4.79 Å². The van der Waals surface area contributed by atoms with Gasteiger partial charge in [-0.25, -0.2) is 0 Å². The summed E-state index contributed by atoms with van der Waals surface area (Å²) < 4.78 is 0. The van der Waals surface area contributed by atoms with Gasteiger partial charge in [-0.2, -0.15) is 0 Å². The largest absolute Gasteiger partial charge is 0.396 e. The van der Waals surface area contributed by atoms with Crippen LogP contribution in [0.3, 0.4) is 0 Å². The van der Waals surface area contributed by atoms with Gasteiger partial charge in [0.15, 0.2) is 0 Å². The highest BCUT2D eigenvalue weighted by atomic mass is 16.3. The SMILES string of the molecule is CNC(=O)CCCN(CCCO)C1CCC1. The minimum absolute atomic E-state index is 0.121. The molecule has 1 amide bonds. The Kier molecular flexibility index (Phi) is 6.42. The second-order valence-electron chi connectivity index (χ2n) is 4.47. The van der Waals surface area contributed by atoms with Crippen LogP contribution in [0, 0.1) is 0 Å². The first kappa shape index (κ1) is 13.5. The highest BCUT2D eigenvalue weighted by molar-refractivity contribution is 5.75. The molecule has 1 saturated carbocycles. The molecule has 1 aliphatic rings. The maximum absolute atomic E-state index is 11.1. The lowest BCUT2D eigenvalue weighted by Crippen LogP contribution is -2.41. The van der Waals surface area contributed by atoms with Gasteiger partial charge < -0.3 is 15.3 Å². The molecular weight excluding hydrogens is 204 g/mol. The Morgan fingerprint density at radius 2 is 2.06 bits per heavy atom.